The van der Waals surface area contributed by atoms with Gasteiger partial charge in [0.1, 0.15) is 18.1 Å². The molecular weight excluding hydrogens is 450 g/mol. The van der Waals surface area contributed by atoms with Crippen LogP contribution < -0.4 is 15.5 Å². The van der Waals surface area contributed by atoms with Crippen LogP contribution in [0.15, 0.2) is 65.6 Å². The summed E-state index contributed by atoms with van der Waals surface area (Å²) in [6.07, 6.45) is 1.94. The molecule has 3 rings (SSSR count). The van der Waals surface area contributed by atoms with Crippen molar-refractivity contribution in [1.82, 2.24) is 15.8 Å². The number of aromatic nitrogens is 1. The van der Waals surface area contributed by atoms with Crippen LogP contribution in [-0.2, 0) is 4.79 Å². The summed E-state index contributed by atoms with van der Waals surface area (Å²) < 4.78 is 5.50. The van der Waals surface area contributed by atoms with Crippen LogP contribution in [-0.4, -0.2) is 40.4 Å². The predicted molar refractivity (Wildman–Crippen MR) is 133 cm³/mol. The number of rotatable bonds is 11. The summed E-state index contributed by atoms with van der Waals surface area (Å²) in [4.78, 5) is 29.8. The minimum atomic E-state index is -0.458. The highest BCUT2D eigenvalue weighted by atomic mass is 32.2. The van der Waals surface area contributed by atoms with E-state index in [0.717, 1.165) is 15.8 Å². The number of benzene rings is 2. The van der Waals surface area contributed by atoms with Crippen LogP contribution in [0.3, 0.4) is 0 Å². The molecule has 2 aromatic carbocycles. The van der Waals surface area contributed by atoms with Crippen molar-refractivity contribution in [3.63, 3.8) is 0 Å². The molecular formula is C26H27N3O4S. The summed E-state index contributed by atoms with van der Waals surface area (Å²) in [5.74, 6) is 5.63. The maximum absolute atomic E-state index is 12.4. The average Bonchev–Trinajstić information content (AvgIpc) is 2.88. The Bertz CT molecular complexity index is 1170. The van der Waals surface area contributed by atoms with Crippen molar-refractivity contribution in [3.8, 4) is 17.6 Å². The number of fused-ring (bicyclic) bond motifs is 1. The van der Waals surface area contributed by atoms with Gasteiger partial charge in [-0.2, -0.15) is 0 Å². The van der Waals surface area contributed by atoms with E-state index in [1.807, 2.05) is 54.6 Å². The van der Waals surface area contributed by atoms with Gasteiger partial charge in [-0.25, -0.2) is 10.5 Å². The molecule has 7 nitrogen and oxygen atoms in total. The molecule has 1 unspecified atom stereocenters. The van der Waals surface area contributed by atoms with Gasteiger partial charge in [-0.15, -0.1) is 17.7 Å². The zero-order valence-corrected chi connectivity index (χ0v) is 19.7. The second-order valence-corrected chi connectivity index (χ2v) is 8.69. The standard InChI is InChI=1S/C26H27N3O4S/c1-2-3-18-33-20-12-14-21(15-13-20)34-24(26(31)29-32)10-6-7-17-27-25(30)23-16-11-19-8-4-5-9-22(19)28-23/h4-5,8-9,11-16,24,32H,6-7,10,17-18H2,1H3,(H,27,30)(H,29,31). The van der Waals surface area contributed by atoms with E-state index in [1.54, 1.807) is 18.5 Å². The summed E-state index contributed by atoms with van der Waals surface area (Å²) in [5, 5.41) is 12.5. The number of unbranched alkanes of at least 4 members (excludes halogenated alkanes) is 1. The third-order valence-corrected chi connectivity index (χ3v) is 6.28. The average molecular weight is 478 g/mol. The van der Waals surface area contributed by atoms with Gasteiger partial charge in [0.2, 0.25) is 0 Å². The van der Waals surface area contributed by atoms with Crippen molar-refractivity contribution in [2.75, 3.05) is 13.2 Å². The molecule has 0 aliphatic carbocycles. The second-order valence-electron chi connectivity index (χ2n) is 7.41. The van der Waals surface area contributed by atoms with E-state index in [0.29, 0.717) is 43.9 Å². The fourth-order valence-electron chi connectivity index (χ4n) is 3.23. The van der Waals surface area contributed by atoms with Gasteiger partial charge in [0.25, 0.3) is 11.8 Å². The van der Waals surface area contributed by atoms with Crippen LogP contribution in [0.5, 0.6) is 5.75 Å². The molecule has 3 aromatic rings. The third-order valence-electron chi connectivity index (χ3n) is 5.00. The van der Waals surface area contributed by atoms with E-state index in [9.17, 15) is 9.59 Å². The normalized spacial score (nSPS) is 11.2. The molecule has 0 aliphatic heterocycles. The van der Waals surface area contributed by atoms with Crippen molar-refractivity contribution in [3.05, 3.63) is 66.4 Å². The first-order chi connectivity index (χ1) is 16.6. The summed E-state index contributed by atoms with van der Waals surface area (Å²) >= 11 is 1.37. The fraction of sp³-hybridized carbons (Fsp3) is 0.269. The number of amides is 2. The monoisotopic (exact) mass is 477 g/mol. The lowest BCUT2D eigenvalue weighted by molar-refractivity contribution is -0.128. The van der Waals surface area contributed by atoms with E-state index in [1.165, 1.54) is 11.8 Å². The van der Waals surface area contributed by atoms with E-state index in [-0.39, 0.29) is 5.91 Å². The molecule has 1 aromatic heterocycles. The quantitative estimate of drug-likeness (QED) is 0.126. The number of hydrogen-bond donors (Lipinski definition) is 3. The van der Waals surface area contributed by atoms with Gasteiger partial charge in [-0.05, 0) is 56.2 Å². The van der Waals surface area contributed by atoms with Gasteiger partial charge in [-0.1, -0.05) is 36.6 Å². The third kappa shape index (κ3) is 7.51. The predicted octanol–water partition coefficient (Wildman–Crippen LogP) is 4.20. The largest absolute Gasteiger partial charge is 0.481 e. The molecule has 0 fully saturated rings. The van der Waals surface area contributed by atoms with Crippen molar-refractivity contribution < 1.29 is 19.5 Å². The number of ether oxygens (including phenoxy) is 1. The molecule has 34 heavy (non-hydrogen) atoms. The Morgan fingerprint density at radius 3 is 2.65 bits per heavy atom. The Morgan fingerprint density at radius 2 is 1.88 bits per heavy atom. The van der Waals surface area contributed by atoms with Crippen molar-refractivity contribution in [2.24, 2.45) is 0 Å². The lowest BCUT2D eigenvalue weighted by atomic mass is 10.1. The molecule has 0 radical (unpaired) electrons. The SMILES string of the molecule is CC#CCOc1ccc(SC(CCCCNC(=O)c2ccc3ccccc3n2)C(=O)NO)cc1. The maximum atomic E-state index is 12.4. The first kappa shape index (κ1) is 25.1. The van der Waals surface area contributed by atoms with Crippen LogP contribution in [0, 0.1) is 11.8 Å². The zero-order chi connectivity index (χ0) is 24.2. The van der Waals surface area contributed by atoms with E-state index in [4.69, 9.17) is 9.94 Å². The first-order valence-corrected chi connectivity index (χ1v) is 11.9. The maximum Gasteiger partial charge on any atom is 0.269 e. The first-order valence-electron chi connectivity index (χ1n) is 11.0. The number of carbonyl (C=O) groups is 2. The summed E-state index contributed by atoms with van der Waals surface area (Å²) in [6, 6.07) is 18.6. The number of thioether (sulfide) groups is 1. The van der Waals surface area contributed by atoms with E-state index < -0.39 is 11.2 Å². The molecule has 176 valence electrons. The summed E-state index contributed by atoms with van der Waals surface area (Å²) in [6.45, 7) is 2.55. The molecule has 0 bridgehead atoms. The van der Waals surface area contributed by atoms with Crippen LogP contribution in [0.4, 0.5) is 0 Å². The lowest BCUT2D eigenvalue weighted by Crippen LogP contribution is -2.30. The van der Waals surface area contributed by atoms with Crippen LogP contribution in [0.1, 0.15) is 36.7 Å². The Kier molecular flexibility index (Phi) is 9.77. The molecule has 0 spiro atoms. The smallest absolute Gasteiger partial charge is 0.269 e. The van der Waals surface area contributed by atoms with E-state index in [2.05, 4.69) is 22.1 Å². The van der Waals surface area contributed by atoms with Crippen LogP contribution in [0.2, 0.25) is 0 Å². The molecule has 0 saturated heterocycles. The molecule has 8 heteroatoms. The van der Waals surface area contributed by atoms with Crippen molar-refractivity contribution >= 4 is 34.5 Å². The number of nitrogens with zero attached hydrogens (tertiary/aromatic N) is 1. The van der Waals surface area contributed by atoms with Gasteiger partial charge < -0.3 is 10.1 Å². The zero-order valence-electron chi connectivity index (χ0n) is 18.9. The number of para-hydroxylation sites is 1. The van der Waals surface area contributed by atoms with Crippen molar-refractivity contribution in [1.29, 1.82) is 0 Å². The number of hydroxylamine groups is 1. The summed E-state index contributed by atoms with van der Waals surface area (Å²) in [5.41, 5.74) is 2.90. The Labute approximate surface area is 203 Å². The lowest BCUT2D eigenvalue weighted by Gasteiger charge is -2.15. The summed E-state index contributed by atoms with van der Waals surface area (Å²) in [7, 11) is 0. The fourth-order valence-corrected chi connectivity index (χ4v) is 4.29. The highest BCUT2D eigenvalue weighted by molar-refractivity contribution is 8.00. The van der Waals surface area contributed by atoms with Gasteiger partial charge >= 0.3 is 0 Å². The van der Waals surface area contributed by atoms with Gasteiger partial charge in [-0.3, -0.25) is 14.8 Å². The van der Waals surface area contributed by atoms with E-state index >= 15 is 0 Å². The number of pyridine rings is 1. The number of hydrogen-bond acceptors (Lipinski definition) is 6. The van der Waals surface area contributed by atoms with Gasteiger partial charge in [0.15, 0.2) is 0 Å². The second kappa shape index (κ2) is 13.2. The molecule has 1 heterocycles. The van der Waals surface area contributed by atoms with Gasteiger partial charge in [0, 0.05) is 16.8 Å². The Balaban J connectivity index is 1.45. The topological polar surface area (TPSA) is 101 Å². The highest BCUT2D eigenvalue weighted by Gasteiger charge is 2.19. The Hall–Kier alpha value is -3.54. The molecule has 1 atom stereocenters. The Morgan fingerprint density at radius 1 is 1.09 bits per heavy atom. The molecule has 2 amide bonds. The minimum Gasteiger partial charge on any atom is -0.481 e. The molecule has 0 aliphatic rings. The highest BCUT2D eigenvalue weighted by Crippen LogP contribution is 2.28. The van der Waals surface area contributed by atoms with Crippen molar-refractivity contribution in [2.45, 2.75) is 36.3 Å². The molecule has 0 saturated carbocycles. The van der Waals surface area contributed by atoms with Crippen LogP contribution >= 0.6 is 11.8 Å². The minimum absolute atomic E-state index is 0.225. The number of nitrogens with one attached hydrogen (secondary N) is 2. The van der Waals surface area contributed by atoms with Crippen LogP contribution in [0.25, 0.3) is 10.9 Å². The van der Waals surface area contributed by atoms with Gasteiger partial charge in [0.05, 0.1) is 10.8 Å². The molecule has 3 N–H and O–H groups in total. The number of carbonyl (C=O) groups excluding carboxylic acids is 2.